The molecule has 3 atom stereocenters. The van der Waals surface area contributed by atoms with E-state index in [0.29, 0.717) is 11.3 Å². The molecule has 0 unspecified atom stereocenters. The van der Waals surface area contributed by atoms with Crippen molar-refractivity contribution in [2.24, 2.45) is 5.11 Å². The normalized spacial score (nSPS) is 27.7. The van der Waals surface area contributed by atoms with Gasteiger partial charge >= 0.3 is 5.97 Å². The number of benzene rings is 1. The van der Waals surface area contributed by atoms with E-state index in [9.17, 15) is 9.59 Å². The lowest BCUT2D eigenvalue weighted by molar-refractivity contribution is -0.160. The molecule has 3 rings (SSSR count). The first-order valence-corrected chi connectivity index (χ1v) is 11.3. The third-order valence-corrected chi connectivity index (χ3v) is 9.96. The average molecular weight is 374 g/mol. The lowest BCUT2D eigenvalue weighted by atomic mass is 9.88. The van der Waals surface area contributed by atoms with Crippen molar-refractivity contribution in [2.75, 3.05) is 5.32 Å². The Morgan fingerprint density at radius 1 is 1.31 bits per heavy atom. The van der Waals surface area contributed by atoms with E-state index in [1.165, 1.54) is 0 Å². The number of ether oxygens (including phenoxy) is 1. The smallest absolute Gasteiger partial charge is 0.319 e. The van der Waals surface area contributed by atoms with Gasteiger partial charge in [-0.2, -0.15) is 0 Å². The Hall–Kier alpha value is -2.35. The summed E-state index contributed by atoms with van der Waals surface area (Å²) in [6.07, 6.45) is -1.02. The number of carbonyl (C=O) groups excluding carboxylic acids is 2. The van der Waals surface area contributed by atoms with E-state index >= 15 is 0 Å². The molecule has 2 heterocycles. The van der Waals surface area contributed by atoms with Crippen LogP contribution in [-0.4, -0.2) is 32.3 Å². The summed E-state index contributed by atoms with van der Waals surface area (Å²) in [5.74, 6) is -1.23. The highest BCUT2D eigenvalue weighted by Crippen LogP contribution is 2.50. The standard InChI is InChI=1S/C17H22N4O4Si/c1-16(2,3)26(4,5)25-13-12(20-21-18)14(22)24-17(13)10-8-6-7-9-11(10)19-15(17)23/h6-9,12-13H,1-5H3,(H,19,23)/t12-,13+,17-/m0/s1. The fourth-order valence-electron chi connectivity index (χ4n) is 3.07. The van der Waals surface area contributed by atoms with Crippen LogP contribution in [0.2, 0.25) is 18.1 Å². The van der Waals surface area contributed by atoms with E-state index in [2.05, 4.69) is 36.1 Å². The van der Waals surface area contributed by atoms with Crippen LogP contribution in [0, 0.1) is 0 Å². The summed E-state index contributed by atoms with van der Waals surface area (Å²) in [6.45, 7) is 10.2. The Kier molecular flexibility index (Phi) is 4.14. The quantitative estimate of drug-likeness (QED) is 0.287. The fraction of sp³-hybridized carbons (Fsp3) is 0.529. The van der Waals surface area contributed by atoms with E-state index in [1.807, 2.05) is 13.1 Å². The summed E-state index contributed by atoms with van der Waals surface area (Å²) in [5, 5.41) is 6.18. The fourth-order valence-corrected chi connectivity index (χ4v) is 4.35. The van der Waals surface area contributed by atoms with Gasteiger partial charge in [0.15, 0.2) is 14.4 Å². The number of hydrogen-bond donors (Lipinski definition) is 1. The van der Waals surface area contributed by atoms with Gasteiger partial charge in [0.2, 0.25) is 5.60 Å². The van der Waals surface area contributed by atoms with Crippen LogP contribution in [-0.2, 0) is 24.4 Å². The lowest BCUT2D eigenvalue weighted by Gasteiger charge is -2.41. The number of anilines is 1. The van der Waals surface area contributed by atoms with Crippen molar-refractivity contribution in [1.29, 1.82) is 0 Å². The van der Waals surface area contributed by atoms with Crippen LogP contribution in [0.4, 0.5) is 5.69 Å². The van der Waals surface area contributed by atoms with Crippen molar-refractivity contribution >= 4 is 25.9 Å². The molecule has 9 heteroatoms. The molecule has 1 amide bonds. The molecule has 0 aromatic heterocycles. The average Bonchev–Trinajstić information content (AvgIpc) is 2.96. The number of para-hydroxylation sites is 1. The first-order valence-electron chi connectivity index (χ1n) is 8.40. The lowest BCUT2D eigenvalue weighted by Crippen LogP contribution is -2.54. The maximum absolute atomic E-state index is 12.9. The van der Waals surface area contributed by atoms with E-state index in [-0.39, 0.29) is 5.04 Å². The second-order valence-corrected chi connectivity index (χ2v) is 12.9. The number of esters is 1. The van der Waals surface area contributed by atoms with Crippen molar-refractivity contribution in [3.8, 4) is 0 Å². The Labute approximate surface area is 152 Å². The summed E-state index contributed by atoms with van der Waals surface area (Å²) < 4.78 is 12.0. The maximum Gasteiger partial charge on any atom is 0.319 e. The van der Waals surface area contributed by atoms with Crippen molar-refractivity contribution in [1.82, 2.24) is 0 Å². The van der Waals surface area contributed by atoms with Gasteiger partial charge in [-0.1, -0.05) is 44.1 Å². The summed E-state index contributed by atoms with van der Waals surface area (Å²) >= 11 is 0. The number of hydrogen-bond acceptors (Lipinski definition) is 5. The number of nitrogens with zero attached hydrogens (tertiary/aromatic N) is 3. The molecule has 1 fully saturated rings. The van der Waals surface area contributed by atoms with Gasteiger partial charge in [0.1, 0.15) is 6.10 Å². The van der Waals surface area contributed by atoms with E-state index in [4.69, 9.17) is 14.7 Å². The Bertz CT molecular complexity index is 828. The summed E-state index contributed by atoms with van der Waals surface area (Å²) in [4.78, 5) is 28.2. The molecular weight excluding hydrogens is 352 g/mol. The monoisotopic (exact) mass is 374 g/mol. The zero-order valence-electron chi connectivity index (χ0n) is 15.4. The van der Waals surface area contributed by atoms with E-state index < -0.39 is 37.9 Å². The summed E-state index contributed by atoms with van der Waals surface area (Å²) in [5.41, 5.74) is 8.37. The Morgan fingerprint density at radius 3 is 2.58 bits per heavy atom. The highest BCUT2D eigenvalue weighted by atomic mass is 28.4. The minimum Gasteiger partial charge on any atom is -0.441 e. The third-order valence-electron chi connectivity index (χ3n) is 5.51. The van der Waals surface area contributed by atoms with Crippen molar-refractivity contribution in [2.45, 2.75) is 56.7 Å². The molecule has 0 saturated carbocycles. The van der Waals surface area contributed by atoms with Crippen LogP contribution in [0.3, 0.4) is 0 Å². The summed E-state index contributed by atoms with van der Waals surface area (Å²) in [6, 6.07) is 5.79. The van der Waals surface area contributed by atoms with Crippen LogP contribution in [0.1, 0.15) is 26.3 Å². The van der Waals surface area contributed by atoms with Crippen LogP contribution in [0.5, 0.6) is 0 Å². The molecule has 1 aromatic carbocycles. The molecule has 0 bridgehead atoms. The van der Waals surface area contributed by atoms with Gasteiger partial charge in [0.25, 0.3) is 5.91 Å². The van der Waals surface area contributed by atoms with Gasteiger partial charge in [0, 0.05) is 16.2 Å². The molecule has 2 aliphatic heterocycles. The van der Waals surface area contributed by atoms with Crippen LogP contribution >= 0.6 is 0 Å². The third kappa shape index (κ3) is 2.51. The molecule has 26 heavy (non-hydrogen) atoms. The highest BCUT2D eigenvalue weighted by molar-refractivity contribution is 6.74. The first-order chi connectivity index (χ1) is 12.0. The molecular formula is C17H22N4O4Si. The Morgan fingerprint density at radius 2 is 1.96 bits per heavy atom. The number of nitrogens with one attached hydrogen (secondary N) is 1. The molecule has 1 spiro atoms. The van der Waals surface area contributed by atoms with Crippen LogP contribution < -0.4 is 5.32 Å². The second kappa shape index (κ2) is 5.83. The van der Waals surface area contributed by atoms with Crippen molar-refractivity contribution in [3.05, 3.63) is 40.3 Å². The Balaban J connectivity index is 2.17. The zero-order chi connectivity index (χ0) is 19.3. The molecule has 2 aliphatic rings. The highest BCUT2D eigenvalue weighted by Gasteiger charge is 2.66. The minimum absolute atomic E-state index is 0.171. The van der Waals surface area contributed by atoms with Gasteiger partial charge in [-0.25, -0.2) is 0 Å². The van der Waals surface area contributed by atoms with Gasteiger partial charge in [-0.3, -0.25) is 9.59 Å². The van der Waals surface area contributed by atoms with Crippen molar-refractivity contribution in [3.63, 3.8) is 0 Å². The first kappa shape index (κ1) is 18.4. The van der Waals surface area contributed by atoms with E-state index in [1.54, 1.807) is 24.3 Å². The zero-order valence-corrected chi connectivity index (χ0v) is 16.4. The van der Waals surface area contributed by atoms with Gasteiger partial charge < -0.3 is 14.5 Å². The number of carbonyl (C=O) groups is 2. The predicted octanol–water partition coefficient (Wildman–Crippen LogP) is 3.46. The number of azide groups is 1. The second-order valence-electron chi connectivity index (χ2n) is 8.10. The number of amides is 1. The van der Waals surface area contributed by atoms with Crippen LogP contribution in [0.15, 0.2) is 29.4 Å². The predicted molar refractivity (Wildman–Crippen MR) is 97.8 cm³/mol. The van der Waals surface area contributed by atoms with Crippen LogP contribution in [0.25, 0.3) is 10.4 Å². The molecule has 8 nitrogen and oxygen atoms in total. The number of rotatable bonds is 3. The van der Waals surface area contributed by atoms with Crippen molar-refractivity contribution < 1.29 is 18.8 Å². The molecule has 138 valence electrons. The van der Waals surface area contributed by atoms with Gasteiger partial charge in [-0.05, 0) is 29.7 Å². The van der Waals surface area contributed by atoms with E-state index in [0.717, 1.165) is 0 Å². The molecule has 1 saturated heterocycles. The largest absolute Gasteiger partial charge is 0.441 e. The minimum atomic E-state index is -2.41. The van der Waals surface area contributed by atoms with Gasteiger partial charge in [0.05, 0.1) is 0 Å². The molecule has 0 radical (unpaired) electrons. The molecule has 1 aromatic rings. The maximum atomic E-state index is 12.9. The number of fused-ring (bicyclic) bond motifs is 2. The summed E-state index contributed by atoms with van der Waals surface area (Å²) in [7, 11) is -2.41. The molecule has 0 aliphatic carbocycles. The topological polar surface area (TPSA) is 113 Å². The molecule has 1 N–H and O–H groups in total. The SMILES string of the molecule is CC(C)(C)[Si](C)(C)O[C@@H]1[C@H](N=[N+]=[N-])C(=O)O[C@]12C(=O)Nc1ccccc12. The van der Waals surface area contributed by atoms with Gasteiger partial charge in [-0.15, -0.1) is 0 Å².